The van der Waals surface area contributed by atoms with E-state index < -0.39 is 8.07 Å². The monoisotopic (exact) mass is 302 g/mol. The van der Waals surface area contributed by atoms with Crippen molar-refractivity contribution in [3.8, 4) is 0 Å². The van der Waals surface area contributed by atoms with Gasteiger partial charge in [0.2, 0.25) is 8.07 Å². The third-order valence-corrected chi connectivity index (χ3v) is 11.5. The van der Waals surface area contributed by atoms with E-state index in [0.29, 0.717) is 27.5 Å². The van der Waals surface area contributed by atoms with Gasteiger partial charge in [0, 0.05) is 5.56 Å². The number of ketones is 1. The predicted octanol–water partition coefficient (Wildman–Crippen LogP) is 4.76. The Morgan fingerprint density at radius 1 is 0.952 bits per heavy atom. The van der Waals surface area contributed by atoms with E-state index in [1.54, 1.807) is 12.1 Å². The fourth-order valence-corrected chi connectivity index (χ4v) is 10.2. The van der Waals surface area contributed by atoms with Crippen molar-refractivity contribution < 1.29 is 9.58 Å². The minimum Gasteiger partial charge on any atom is -0.362 e. The van der Waals surface area contributed by atoms with Crippen LogP contribution in [-0.2, 0) is 0 Å². The number of Topliss-reactive ketones (excluding diaryl/α,β-unsaturated/α-hetero) is 1. The first-order valence-electron chi connectivity index (χ1n) is 7.62. The molecule has 0 saturated carbocycles. The molecule has 0 heterocycles. The SMILES string of the molecule is CC(C)[Si](C(=[N+]=[N-])C(=O)c1ccccc1)(C(C)C)C(C)C. The van der Waals surface area contributed by atoms with E-state index in [9.17, 15) is 10.3 Å². The summed E-state index contributed by atoms with van der Waals surface area (Å²) in [6.45, 7) is 12.9. The molecule has 0 radical (unpaired) electrons. The van der Waals surface area contributed by atoms with Crippen molar-refractivity contribution in [3.63, 3.8) is 0 Å². The number of hydrogen-bond acceptors (Lipinski definition) is 1. The molecular formula is C17H26N2OSi. The number of benzene rings is 1. The van der Waals surface area contributed by atoms with Crippen LogP contribution in [0.25, 0.3) is 5.53 Å². The lowest BCUT2D eigenvalue weighted by atomic mass is 10.1. The van der Waals surface area contributed by atoms with Crippen LogP contribution >= 0.6 is 0 Å². The zero-order chi connectivity index (χ0) is 16.2. The Morgan fingerprint density at radius 2 is 1.38 bits per heavy atom. The second kappa shape index (κ2) is 6.97. The summed E-state index contributed by atoms with van der Waals surface area (Å²) in [7, 11) is -2.25. The second-order valence-corrected chi connectivity index (χ2v) is 12.3. The maximum absolute atomic E-state index is 12.9. The van der Waals surface area contributed by atoms with E-state index >= 15 is 0 Å². The summed E-state index contributed by atoms with van der Waals surface area (Å²) in [5.74, 6) is -0.124. The van der Waals surface area contributed by atoms with Gasteiger partial charge in [-0.25, -0.2) is 0 Å². The van der Waals surface area contributed by atoms with Gasteiger partial charge < -0.3 is 5.53 Å². The van der Waals surface area contributed by atoms with E-state index in [1.807, 2.05) is 18.2 Å². The Hall–Kier alpha value is -1.51. The lowest BCUT2D eigenvalue weighted by Gasteiger charge is -2.37. The normalized spacial score (nSPS) is 11.9. The van der Waals surface area contributed by atoms with Crippen LogP contribution < -0.4 is 0 Å². The van der Waals surface area contributed by atoms with Crippen LogP contribution in [0.2, 0.25) is 16.6 Å². The van der Waals surface area contributed by atoms with Crippen LogP contribution in [0, 0.1) is 0 Å². The summed E-state index contributed by atoms with van der Waals surface area (Å²) in [5.41, 5.74) is 11.2. The average molecular weight is 302 g/mol. The quantitative estimate of drug-likeness (QED) is 0.246. The second-order valence-electron chi connectivity index (χ2n) is 6.54. The van der Waals surface area contributed by atoms with Crippen LogP contribution in [-0.4, -0.2) is 24.0 Å². The molecule has 0 amide bonds. The Labute approximate surface area is 129 Å². The molecular weight excluding hydrogens is 276 g/mol. The molecule has 0 spiro atoms. The molecule has 0 aliphatic heterocycles. The first kappa shape index (κ1) is 17.5. The molecule has 21 heavy (non-hydrogen) atoms. The minimum atomic E-state index is -2.25. The van der Waals surface area contributed by atoms with Gasteiger partial charge in [0.15, 0.2) is 0 Å². The highest BCUT2D eigenvalue weighted by Gasteiger charge is 2.56. The van der Waals surface area contributed by atoms with Crippen LogP contribution in [0.15, 0.2) is 30.3 Å². The van der Waals surface area contributed by atoms with Gasteiger partial charge in [-0.1, -0.05) is 71.9 Å². The summed E-state index contributed by atoms with van der Waals surface area (Å²) in [6, 6.07) is 9.13. The van der Waals surface area contributed by atoms with Gasteiger partial charge in [-0.15, -0.1) is 0 Å². The van der Waals surface area contributed by atoms with E-state index in [1.165, 1.54) is 0 Å². The van der Waals surface area contributed by atoms with Gasteiger partial charge in [-0.2, -0.15) is 4.79 Å². The van der Waals surface area contributed by atoms with Crippen molar-refractivity contribution in [1.29, 1.82) is 0 Å². The van der Waals surface area contributed by atoms with Gasteiger partial charge in [-0.05, 0) is 16.6 Å². The molecule has 114 valence electrons. The third kappa shape index (κ3) is 3.07. The van der Waals surface area contributed by atoms with Crippen LogP contribution in [0.5, 0.6) is 0 Å². The summed E-state index contributed by atoms with van der Waals surface area (Å²) in [4.78, 5) is 16.4. The maximum Gasteiger partial charge on any atom is 0.306 e. The first-order valence-corrected chi connectivity index (χ1v) is 9.85. The molecule has 0 fully saturated rings. The lowest BCUT2D eigenvalue weighted by Crippen LogP contribution is -2.56. The molecule has 4 heteroatoms. The smallest absolute Gasteiger partial charge is 0.306 e. The van der Waals surface area contributed by atoms with Crippen LogP contribution in [0.4, 0.5) is 0 Å². The van der Waals surface area contributed by atoms with Crippen molar-refractivity contribution >= 4 is 19.2 Å². The largest absolute Gasteiger partial charge is 0.362 e. The molecule has 0 aromatic heterocycles. The number of rotatable bonds is 6. The van der Waals surface area contributed by atoms with Crippen molar-refractivity contribution in [1.82, 2.24) is 0 Å². The molecule has 0 aliphatic carbocycles. The molecule has 1 rings (SSSR count). The first-order chi connectivity index (χ1) is 9.79. The van der Waals surface area contributed by atoms with Crippen molar-refractivity contribution in [3.05, 3.63) is 41.4 Å². The molecule has 1 aromatic rings. The molecule has 0 bridgehead atoms. The predicted molar refractivity (Wildman–Crippen MR) is 90.4 cm³/mol. The number of hydrogen-bond donors (Lipinski definition) is 0. The molecule has 0 saturated heterocycles. The van der Waals surface area contributed by atoms with Gasteiger partial charge in [0.25, 0.3) is 5.78 Å². The van der Waals surface area contributed by atoms with Crippen molar-refractivity contribution in [2.45, 2.75) is 58.2 Å². The number of carbonyl (C=O) groups excluding carboxylic acids is 1. The highest BCUT2D eigenvalue weighted by atomic mass is 28.3. The Kier molecular flexibility index (Phi) is 5.82. The number of carbonyl (C=O) groups is 1. The van der Waals surface area contributed by atoms with E-state index in [0.717, 1.165) is 0 Å². The summed E-state index contributed by atoms with van der Waals surface area (Å²) < 4.78 is 0. The van der Waals surface area contributed by atoms with Crippen LogP contribution in [0.3, 0.4) is 0 Å². The number of nitrogens with zero attached hydrogens (tertiary/aromatic N) is 2. The molecule has 1 aromatic carbocycles. The van der Waals surface area contributed by atoms with E-state index in [-0.39, 0.29) is 5.78 Å². The Balaban J connectivity index is 3.48. The van der Waals surface area contributed by atoms with Gasteiger partial charge in [0.1, 0.15) is 0 Å². The summed E-state index contributed by atoms with van der Waals surface area (Å²) >= 11 is 0. The fourth-order valence-electron chi connectivity index (χ4n) is 3.88. The Morgan fingerprint density at radius 3 is 1.71 bits per heavy atom. The maximum atomic E-state index is 12.9. The lowest BCUT2D eigenvalue weighted by molar-refractivity contribution is -0.00296. The zero-order valence-corrected chi connectivity index (χ0v) is 14.9. The van der Waals surface area contributed by atoms with E-state index in [2.05, 4.69) is 46.3 Å². The minimum absolute atomic E-state index is 0.124. The van der Waals surface area contributed by atoms with Crippen molar-refractivity contribution in [2.24, 2.45) is 0 Å². The molecule has 3 nitrogen and oxygen atoms in total. The van der Waals surface area contributed by atoms with Crippen molar-refractivity contribution in [2.75, 3.05) is 0 Å². The zero-order valence-electron chi connectivity index (χ0n) is 13.9. The fraction of sp³-hybridized carbons (Fsp3) is 0.529. The van der Waals surface area contributed by atoms with Gasteiger partial charge in [0.05, 0.1) is 0 Å². The average Bonchev–Trinajstić information content (AvgIpc) is 2.43. The molecule has 0 aliphatic rings. The molecule has 0 N–H and O–H groups in total. The van der Waals surface area contributed by atoms with Crippen LogP contribution in [0.1, 0.15) is 51.9 Å². The standard InChI is InChI=1S/C17H26N2OSi/c1-12(2)21(13(3)4,14(5)6)17(19-18)16(20)15-10-8-7-9-11-15/h7-14H,1-6H3. The van der Waals surface area contributed by atoms with Gasteiger partial charge >= 0.3 is 5.33 Å². The molecule has 0 unspecified atom stereocenters. The summed E-state index contributed by atoms with van der Waals surface area (Å²) in [5, 5.41) is 0.411. The highest BCUT2D eigenvalue weighted by Crippen LogP contribution is 2.42. The highest BCUT2D eigenvalue weighted by molar-refractivity contribution is 7.16. The molecule has 0 atom stereocenters. The third-order valence-electron chi connectivity index (χ3n) is 4.63. The Bertz CT molecular complexity index is 521. The topological polar surface area (TPSA) is 53.5 Å². The van der Waals surface area contributed by atoms with Gasteiger partial charge in [-0.3, -0.25) is 4.79 Å². The summed E-state index contributed by atoms with van der Waals surface area (Å²) in [6.07, 6.45) is 0. The van der Waals surface area contributed by atoms with E-state index in [4.69, 9.17) is 0 Å².